The quantitative estimate of drug-likeness (QED) is 0.698. The summed E-state index contributed by atoms with van der Waals surface area (Å²) >= 11 is 0. The number of ether oxygens (including phenoxy) is 1. The minimum absolute atomic E-state index is 0.0249. The smallest absolute Gasteiger partial charge is 0.306 e. The van der Waals surface area contributed by atoms with E-state index in [0.29, 0.717) is 12.3 Å². The van der Waals surface area contributed by atoms with Gasteiger partial charge in [0.15, 0.2) is 0 Å². The van der Waals surface area contributed by atoms with Crippen LogP contribution in [0.15, 0.2) is 60.7 Å². The molecule has 1 aliphatic rings. The van der Waals surface area contributed by atoms with Gasteiger partial charge in [-0.15, -0.1) is 0 Å². The Morgan fingerprint density at radius 2 is 1.46 bits per heavy atom. The lowest BCUT2D eigenvalue weighted by molar-refractivity contribution is -0.148. The summed E-state index contributed by atoms with van der Waals surface area (Å²) in [6, 6.07) is 21.7. The largest absolute Gasteiger partial charge is 0.463 e. The Labute approximate surface area is 157 Å². The molecule has 2 aromatic rings. The van der Waals surface area contributed by atoms with Crippen molar-refractivity contribution in [1.29, 1.82) is 0 Å². The molecule has 1 heterocycles. The van der Waals surface area contributed by atoms with Crippen molar-refractivity contribution in [2.45, 2.75) is 45.3 Å². The average molecular weight is 351 g/mol. The Hall–Kier alpha value is -2.13. The normalized spacial score (nSPS) is 16.2. The topological polar surface area (TPSA) is 29.5 Å². The fourth-order valence-electron chi connectivity index (χ4n) is 3.85. The number of nitrogens with zero attached hydrogens (tertiary/aromatic N) is 1. The number of benzene rings is 2. The molecule has 0 atom stereocenters. The molecule has 0 unspecified atom stereocenters. The van der Waals surface area contributed by atoms with Crippen molar-refractivity contribution in [3.05, 3.63) is 71.8 Å². The van der Waals surface area contributed by atoms with Crippen LogP contribution in [-0.4, -0.2) is 30.1 Å². The molecule has 1 saturated heterocycles. The molecular weight excluding hydrogens is 322 g/mol. The molecular formula is C23H29NO2. The summed E-state index contributed by atoms with van der Waals surface area (Å²) in [5, 5.41) is 0. The first-order valence-electron chi connectivity index (χ1n) is 9.67. The summed E-state index contributed by atoms with van der Waals surface area (Å²) in [5.74, 6) is 0.380. The lowest BCUT2D eigenvalue weighted by Crippen LogP contribution is -2.38. The highest BCUT2D eigenvalue weighted by Crippen LogP contribution is 2.33. The Morgan fingerprint density at radius 3 is 1.92 bits per heavy atom. The third-order valence-corrected chi connectivity index (χ3v) is 5.07. The van der Waals surface area contributed by atoms with Crippen LogP contribution in [0, 0.1) is 5.92 Å². The van der Waals surface area contributed by atoms with E-state index in [-0.39, 0.29) is 18.1 Å². The van der Waals surface area contributed by atoms with Gasteiger partial charge in [-0.2, -0.15) is 0 Å². The molecule has 0 saturated carbocycles. The molecule has 0 amide bonds. The fourth-order valence-corrected chi connectivity index (χ4v) is 3.85. The van der Waals surface area contributed by atoms with Gasteiger partial charge in [0.05, 0.1) is 12.1 Å². The van der Waals surface area contributed by atoms with Gasteiger partial charge in [0.1, 0.15) is 0 Å². The third kappa shape index (κ3) is 4.95. The summed E-state index contributed by atoms with van der Waals surface area (Å²) in [7, 11) is 0. The van der Waals surface area contributed by atoms with Crippen LogP contribution >= 0.6 is 0 Å². The van der Waals surface area contributed by atoms with E-state index in [0.717, 1.165) is 25.9 Å². The summed E-state index contributed by atoms with van der Waals surface area (Å²) in [4.78, 5) is 14.5. The maximum atomic E-state index is 11.9. The first-order chi connectivity index (χ1) is 12.6. The van der Waals surface area contributed by atoms with Crippen LogP contribution in [0.25, 0.3) is 0 Å². The zero-order chi connectivity index (χ0) is 18.4. The third-order valence-electron chi connectivity index (χ3n) is 5.07. The van der Waals surface area contributed by atoms with Crippen LogP contribution in [0.5, 0.6) is 0 Å². The van der Waals surface area contributed by atoms with Crippen LogP contribution in [0.2, 0.25) is 0 Å². The van der Waals surface area contributed by atoms with Gasteiger partial charge in [-0.05, 0) is 56.8 Å². The summed E-state index contributed by atoms with van der Waals surface area (Å²) in [6.07, 6.45) is 2.61. The number of piperidine rings is 1. The van der Waals surface area contributed by atoms with Crippen molar-refractivity contribution in [2.75, 3.05) is 13.1 Å². The van der Waals surface area contributed by atoms with E-state index >= 15 is 0 Å². The predicted octanol–water partition coefficient (Wildman–Crippen LogP) is 4.83. The number of carbonyl (C=O) groups excluding carboxylic acids is 1. The van der Waals surface area contributed by atoms with Crippen molar-refractivity contribution in [1.82, 2.24) is 4.90 Å². The summed E-state index contributed by atoms with van der Waals surface area (Å²) in [5.41, 5.74) is 2.66. The van der Waals surface area contributed by atoms with Crippen molar-refractivity contribution >= 4 is 5.97 Å². The molecule has 0 spiro atoms. The van der Waals surface area contributed by atoms with Gasteiger partial charge in [0.2, 0.25) is 0 Å². The van der Waals surface area contributed by atoms with Crippen molar-refractivity contribution < 1.29 is 9.53 Å². The van der Waals surface area contributed by atoms with Gasteiger partial charge < -0.3 is 4.74 Å². The minimum Gasteiger partial charge on any atom is -0.463 e. The van der Waals surface area contributed by atoms with Crippen LogP contribution < -0.4 is 0 Å². The van der Waals surface area contributed by atoms with E-state index in [2.05, 4.69) is 65.6 Å². The Morgan fingerprint density at radius 1 is 0.962 bits per heavy atom. The van der Waals surface area contributed by atoms with Crippen LogP contribution in [0.3, 0.4) is 0 Å². The molecule has 0 N–H and O–H groups in total. The van der Waals surface area contributed by atoms with E-state index in [1.807, 2.05) is 13.8 Å². The lowest BCUT2D eigenvalue weighted by Gasteiger charge is -2.38. The molecule has 0 aromatic heterocycles. The SMILES string of the molecule is CC(C)OC(=O)CC1CCN(C(c2ccccc2)c2ccccc2)CC1. The second kappa shape index (κ2) is 9.00. The first kappa shape index (κ1) is 18.7. The molecule has 26 heavy (non-hydrogen) atoms. The monoisotopic (exact) mass is 351 g/mol. The number of carbonyl (C=O) groups is 1. The number of hydrogen-bond donors (Lipinski definition) is 0. The zero-order valence-corrected chi connectivity index (χ0v) is 15.8. The van der Waals surface area contributed by atoms with Gasteiger partial charge in [-0.3, -0.25) is 9.69 Å². The molecule has 138 valence electrons. The van der Waals surface area contributed by atoms with Gasteiger partial charge >= 0.3 is 5.97 Å². The van der Waals surface area contributed by atoms with E-state index in [4.69, 9.17) is 4.74 Å². The summed E-state index contributed by atoms with van der Waals surface area (Å²) in [6.45, 7) is 5.83. The Balaban J connectivity index is 1.67. The molecule has 1 fully saturated rings. The summed E-state index contributed by atoms with van der Waals surface area (Å²) < 4.78 is 5.31. The van der Waals surface area contributed by atoms with E-state index < -0.39 is 0 Å². The number of likely N-dealkylation sites (tertiary alicyclic amines) is 1. The second-order valence-electron chi connectivity index (χ2n) is 7.45. The standard InChI is InChI=1S/C23H29NO2/c1-18(2)26-22(25)17-19-13-15-24(16-14-19)23(20-9-5-3-6-10-20)21-11-7-4-8-12-21/h3-12,18-19,23H,13-17H2,1-2H3. The maximum Gasteiger partial charge on any atom is 0.306 e. The van der Waals surface area contributed by atoms with E-state index in [9.17, 15) is 4.79 Å². The van der Waals surface area contributed by atoms with Crippen LogP contribution in [0.4, 0.5) is 0 Å². The first-order valence-corrected chi connectivity index (χ1v) is 9.67. The molecule has 3 nitrogen and oxygen atoms in total. The van der Waals surface area contributed by atoms with Gasteiger partial charge in [-0.1, -0.05) is 60.7 Å². The number of rotatable bonds is 6. The average Bonchev–Trinajstić information content (AvgIpc) is 2.64. The van der Waals surface area contributed by atoms with Crippen LogP contribution in [-0.2, 0) is 9.53 Å². The van der Waals surface area contributed by atoms with Gasteiger partial charge in [0, 0.05) is 6.42 Å². The minimum atomic E-state index is -0.0545. The zero-order valence-electron chi connectivity index (χ0n) is 15.8. The van der Waals surface area contributed by atoms with Crippen molar-refractivity contribution in [3.8, 4) is 0 Å². The molecule has 3 rings (SSSR count). The number of esters is 1. The Bertz CT molecular complexity index is 636. The lowest BCUT2D eigenvalue weighted by atomic mass is 9.89. The molecule has 1 aliphatic heterocycles. The predicted molar refractivity (Wildman–Crippen MR) is 105 cm³/mol. The highest BCUT2D eigenvalue weighted by molar-refractivity contribution is 5.69. The molecule has 3 heteroatoms. The van der Waals surface area contributed by atoms with E-state index in [1.165, 1.54) is 11.1 Å². The second-order valence-corrected chi connectivity index (χ2v) is 7.45. The molecule has 0 bridgehead atoms. The highest BCUT2D eigenvalue weighted by atomic mass is 16.5. The van der Waals surface area contributed by atoms with Gasteiger partial charge in [0.25, 0.3) is 0 Å². The van der Waals surface area contributed by atoms with Gasteiger partial charge in [-0.25, -0.2) is 0 Å². The maximum absolute atomic E-state index is 11.9. The van der Waals surface area contributed by atoms with Crippen molar-refractivity contribution in [2.24, 2.45) is 5.92 Å². The molecule has 0 aliphatic carbocycles. The highest BCUT2D eigenvalue weighted by Gasteiger charge is 2.28. The van der Waals surface area contributed by atoms with Crippen molar-refractivity contribution in [3.63, 3.8) is 0 Å². The van der Waals surface area contributed by atoms with Crippen LogP contribution in [0.1, 0.15) is 50.3 Å². The van der Waals surface area contributed by atoms with E-state index in [1.54, 1.807) is 0 Å². The number of hydrogen-bond acceptors (Lipinski definition) is 3. The molecule has 2 aromatic carbocycles. The Kier molecular flexibility index (Phi) is 6.45. The molecule has 0 radical (unpaired) electrons. The fraction of sp³-hybridized carbons (Fsp3) is 0.435.